The van der Waals surface area contributed by atoms with Gasteiger partial charge in [-0.25, -0.2) is 4.79 Å². The Morgan fingerprint density at radius 1 is 1.15 bits per heavy atom. The van der Waals surface area contributed by atoms with Crippen LogP contribution in [0.1, 0.15) is 43.9 Å². The summed E-state index contributed by atoms with van der Waals surface area (Å²) < 4.78 is 5.73. The molecule has 108 valence electrons. The van der Waals surface area contributed by atoms with Crippen molar-refractivity contribution in [2.75, 3.05) is 13.2 Å². The van der Waals surface area contributed by atoms with E-state index in [0.717, 1.165) is 18.4 Å². The lowest BCUT2D eigenvalue weighted by Crippen LogP contribution is -2.45. The van der Waals surface area contributed by atoms with E-state index in [1.54, 1.807) is 0 Å². The van der Waals surface area contributed by atoms with Crippen molar-refractivity contribution in [1.29, 1.82) is 0 Å². The summed E-state index contributed by atoms with van der Waals surface area (Å²) in [4.78, 5) is 14.2. The number of amides is 2. The molecule has 1 heterocycles. The summed E-state index contributed by atoms with van der Waals surface area (Å²) in [5.41, 5.74) is 1.05. The van der Waals surface area contributed by atoms with Gasteiger partial charge in [0.25, 0.3) is 0 Å². The van der Waals surface area contributed by atoms with Crippen molar-refractivity contribution in [3.63, 3.8) is 0 Å². The molecule has 0 bridgehead atoms. The number of benzene rings is 1. The number of rotatable bonds is 2. The first kappa shape index (κ1) is 13.4. The number of carbonyl (C=O) groups is 1. The van der Waals surface area contributed by atoms with Gasteiger partial charge in [-0.15, -0.1) is 0 Å². The first-order chi connectivity index (χ1) is 9.84. The van der Waals surface area contributed by atoms with Gasteiger partial charge in [-0.3, -0.25) is 4.90 Å². The third-order valence-corrected chi connectivity index (χ3v) is 4.17. The number of hydrogen-bond acceptors (Lipinski definition) is 2. The summed E-state index contributed by atoms with van der Waals surface area (Å²) in [5.74, 6) is 0. The molecule has 1 saturated heterocycles. The minimum Gasteiger partial charge on any atom is -0.352 e. The normalized spacial score (nSPS) is 23.8. The van der Waals surface area contributed by atoms with E-state index in [-0.39, 0.29) is 12.3 Å². The van der Waals surface area contributed by atoms with Crippen LogP contribution in [0.3, 0.4) is 0 Å². The molecule has 1 aliphatic heterocycles. The number of ether oxygens (including phenoxy) is 1. The summed E-state index contributed by atoms with van der Waals surface area (Å²) in [7, 11) is 0. The second-order valence-corrected chi connectivity index (χ2v) is 5.61. The molecule has 2 fully saturated rings. The molecule has 4 nitrogen and oxygen atoms in total. The SMILES string of the molecule is O=C(NC1CCCCC1)N1CCOC1c1ccccc1. The largest absolute Gasteiger partial charge is 0.352 e. The van der Waals surface area contributed by atoms with Gasteiger partial charge in [-0.1, -0.05) is 49.6 Å². The van der Waals surface area contributed by atoms with Crippen LogP contribution in [0.5, 0.6) is 0 Å². The highest BCUT2D eigenvalue weighted by molar-refractivity contribution is 5.75. The lowest BCUT2D eigenvalue weighted by Gasteiger charge is -2.28. The molecule has 1 aliphatic carbocycles. The molecule has 4 heteroatoms. The third-order valence-electron chi connectivity index (χ3n) is 4.17. The third kappa shape index (κ3) is 2.96. The monoisotopic (exact) mass is 274 g/mol. The Balaban J connectivity index is 1.64. The van der Waals surface area contributed by atoms with E-state index >= 15 is 0 Å². The smallest absolute Gasteiger partial charge is 0.320 e. The van der Waals surface area contributed by atoms with Crippen molar-refractivity contribution < 1.29 is 9.53 Å². The van der Waals surface area contributed by atoms with Crippen molar-refractivity contribution in [2.45, 2.75) is 44.4 Å². The Morgan fingerprint density at radius 2 is 1.90 bits per heavy atom. The van der Waals surface area contributed by atoms with Crippen LogP contribution in [-0.4, -0.2) is 30.1 Å². The average molecular weight is 274 g/mol. The Hall–Kier alpha value is -1.55. The molecule has 1 aromatic rings. The van der Waals surface area contributed by atoms with Crippen LogP contribution in [0.25, 0.3) is 0 Å². The van der Waals surface area contributed by atoms with Crippen molar-refractivity contribution >= 4 is 6.03 Å². The zero-order chi connectivity index (χ0) is 13.8. The van der Waals surface area contributed by atoms with Crippen LogP contribution in [0.15, 0.2) is 30.3 Å². The van der Waals surface area contributed by atoms with Crippen LogP contribution in [0.2, 0.25) is 0 Å². The molecule has 1 N–H and O–H groups in total. The van der Waals surface area contributed by atoms with Crippen LogP contribution >= 0.6 is 0 Å². The van der Waals surface area contributed by atoms with Crippen molar-refractivity contribution in [3.05, 3.63) is 35.9 Å². The van der Waals surface area contributed by atoms with Gasteiger partial charge in [0.1, 0.15) is 0 Å². The fourth-order valence-electron chi connectivity index (χ4n) is 3.08. The fraction of sp³-hybridized carbons (Fsp3) is 0.562. The molecular weight excluding hydrogens is 252 g/mol. The maximum Gasteiger partial charge on any atom is 0.320 e. The van der Waals surface area contributed by atoms with Crippen molar-refractivity contribution in [3.8, 4) is 0 Å². The molecule has 2 aliphatic rings. The molecule has 0 radical (unpaired) electrons. The standard InChI is InChI=1S/C16H22N2O2/c19-16(17-14-9-5-2-6-10-14)18-11-12-20-15(18)13-7-3-1-4-8-13/h1,3-4,7-8,14-15H,2,5-6,9-12H2,(H,17,19). The predicted octanol–water partition coefficient (Wildman–Crippen LogP) is 3.06. The number of carbonyl (C=O) groups excluding carboxylic acids is 1. The minimum absolute atomic E-state index is 0.0169. The topological polar surface area (TPSA) is 41.6 Å². The number of hydrogen-bond donors (Lipinski definition) is 1. The molecule has 0 spiro atoms. The summed E-state index contributed by atoms with van der Waals surface area (Å²) in [5, 5.41) is 3.17. The summed E-state index contributed by atoms with van der Waals surface area (Å²) in [6, 6.07) is 10.3. The zero-order valence-electron chi connectivity index (χ0n) is 11.8. The molecule has 2 amide bonds. The highest BCUT2D eigenvalue weighted by Gasteiger charge is 2.31. The zero-order valence-corrected chi connectivity index (χ0v) is 11.8. The van der Waals surface area contributed by atoms with Gasteiger partial charge < -0.3 is 10.1 Å². The summed E-state index contributed by atoms with van der Waals surface area (Å²) in [6.45, 7) is 1.27. The van der Waals surface area contributed by atoms with E-state index < -0.39 is 0 Å². The lowest BCUT2D eigenvalue weighted by atomic mass is 9.96. The maximum atomic E-state index is 12.4. The maximum absolute atomic E-state index is 12.4. The van der Waals surface area contributed by atoms with Crippen LogP contribution in [0.4, 0.5) is 4.79 Å². The Labute approximate surface area is 120 Å². The van der Waals surface area contributed by atoms with Crippen LogP contribution in [0, 0.1) is 0 Å². The van der Waals surface area contributed by atoms with Gasteiger partial charge in [0, 0.05) is 18.2 Å². The van der Waals surface area contributed by atoms with Crippen molar-refractivity contribution in [1.82, 2.24) is 10.2 Å². The van der Waals surface area contributed by atoms with Crippen molar-refractivity contribution in [2.24, 2.45) is 0 Å². The second-order valence-electron chi connectivity index (χ2n) is 5.61. The highest BCUT2D eigenvalue weighted by atomic mass is 16.5. The van der Waals surface area contributed by atoms with Gasteiger partial charge >= 0.3 is 6.03 Å². The number of nitrogens with one attached hydrogen (secondary N) is 1. The number of nitrogens with zero attached hydrogens (tertiary/aromatic N) is 1. The van der Waals surface area contributed by atoms with Crippen LogP contribution in [-0.2, 0) is 4.74 Å². The summed E-state index contributed by atoms with van der Waals surface area (Å²) >= 11 is 0. The molecule has 3 rings (SSSR count). The predicted molar refractivity (Wildman–Crippen MR) is 77.2 cm³/mol. The molecule has 1 unspecified atom stereocenters. The van der Waals surface area contributed by atoms with E-state index in [9.17, 15) is 4.79 Å². The Kier molecular flexibility index (Phi) is 4.21. The van der Waals surface area contributed by atoms with E-state index in [2.05, 4.69) is 5.32 Å². The fourth-order valence-corrected chi connectivity index (χ4v) is 3.08. The molecule has 1 aromatic carbocycles. The van der Waals surface area contributed by atoms with Gasteiger partial charge in [0.15, 0.2) is 6.23 Å². The molecule has 0 aromatic heterocycles. The Morgan fingerprint density at radius 3 is 2.65 bits per heavy atom. The molecule has 1 saturated carbocycles. The van der Waals surface area contributed by atoms with E-state index in [4.69, 9.17) is 4.74 Å². The van der Waals surface area contributed by atoms with E-state index in [0.29, 0.717) is 19.2 Å². The molecule has 1 atom stereocenters. The summed E-state index contributed by atoms with van der Waals surface area (Å²) in [6.07, 6.45) is 5.73. The van der Waals surface area contributed by atoms with Gasteiger partial charge in [0.2, 0.25) is 0 Å². The first-order valence-corrected chi connectivity index (χ1v) is 7.58. The quantitative estimate of drug-likeness (QED) is 0.900. The van der Waals surface area contributed by atoms with Gasteiger partial charge in [0.05, 0.1) is 6.61 Å². The number of urea groups is 1. The lowest BCUT2D eigenvalue weighted by molar-refractivity contribution is 0.0480. The minimum atomic E-state index is -0.236. The first-order valence-electron chi connectivity index (χ1n) is 7.58. The van der Waals surface area contributed by atoms with E-state index in [1.165, 1.54) is 19.3 Å². The molecular formula is C16H22N2O2. The second kappa shape index (κ2) is 6.27. The van der Waals surface area contributed by atoms with Gasteiger partial charge in [-0.05, 0) is 12.8 Å². The molecule has 20 heavy (non-hydrogen) atoms. The Bertz CT molecular complexity index is 443. The average Bonchev–Trinajstić information content (AvgIpc) is 2.99. The highest BCUT2D eigenvalue weighted by Crippen LogP contribution is 2.27. The van der Waals surface area contributed by atoms with E-state index in [1.807, 2.05) is 35.2 Å². The van der Waals surface area contributed by atoms with Gasteiger partial charge in [-0.2, -0.15) is 0 Å². The van der Waals surface area contributed by atoms with Crippen LogP contribution < -0.4 is 5.32 Å².